The van der Waals surface area contributed by atoms with Gasteiger partial charge in [0.05, 0.1) is 5.60 Å². The highest BCUT2D eigenvalue weighted by molar-refractivity contribution is 5.74. The third-order valence-electron chi connectivity index (χ3n) is 3.60. The molecule has 0 saturated heterocycles. The molecule has 0 aromatic rings. The van der Waals surface area contributed by atoms with Crippen LogP contribution in [0.5, 0.6) is 0 Å². The van der Waals surface area contributed by atoms with Crippen LogP contribution >= 0.6 is 0 Å². The van der Waals surface area contributed by atoms with Gasteiger partial charge in [-0.05, 0) is 51.9 Å². The van der Waals surface area contributed by atoms with Crippen molar-refractivity contribution in [2.24, 2.45) is 5.41 Å². The molecule has 3 N–H and O–H groups in total. The summed E-state index contributed by atoms with van der Waals surface area (Å²) in [5, 5.41) is 16.0. The molecule has 0 aliphatic heterocycles. The summed E-state index contributed by atoms with van der Waals surface area (Å²) in [6.45, 7) is 10.6. The van der Waals surface area contributed by atoms with Crippen molar-refractivity contribution in [3.05, 3.63) is 0 Å². The lowest BCUT2D eigenvalue weighted by Crippen LogP contribution is -2.52. The number of nitrogens with one attached hydrogen (secondary N) is 2. The number of hydrogen-bond donors (Lipinski definition) is 3. The lowest BCUT2D eigenvalue weighted by atomic mass is 9.71. The van der Waals surface area contributed by atoms with E-state index in [4.69, 9.17) is 0 Å². The van der Waals surface area contributed by atoms with Crippen LogP contribution in [-0.4, -0.2) is 28.8 Å². The highest BCUT2D eigenvalue weighted by atomic mass is 16.3. The van der Waals surface area contributed by atoms with Gasteiger partial charge in [0.25, 0.3) is 0 Å². The second-order valence-corrected chi connectivity index (χ2v) is 7.45. The zero-order valence-corrected chi connectivity index (χ0v) is 12.4. The van der Waals surface area contributed by atoms with E-state index < -0.39 is 5.60 Å². The molecule has 1 saturated carbocycles. The van der Waals surface area contributed by atoms with Crippen molar-refractivity contribution in [3.8, 4) is 0 Å². The number of aliphatic hydroxyl groups is 1. The standard InChI is InChI=1S/C14H28N2O2/c1-12(2,3)16-11(17)15-10-14(18)8-6-13(4,5)7-9-14/h18H,6-10H2,1-5H3,(H2,15,16,17). The number of urea groups is 1. The third-order valence-corrected chi connectivity index (χ3v) is 3.60. The van der Waals surface area contributed by atoms with Crippen LogP contribution in [0.1, 0.15) is 60.3 Å². The number of rotatable bonds is 2. The fourth-order valence-corrected chi connectivity index (χ4v) is 2.20. The summed E-state index contributed by atoms with van der Waals surface area (Å²) in [5.74, 6) is 0. The highest BCUT2D eigenvalue weighted by Crippen LogP contribution is 2.39. The van der Waals surface area contributed by atoms with Crippen molar-refractivity contribution in [1.82, 2.24) is 10.6 Å². The predicted octanol–water partition coefficient (Wildman–Crippen LogP) is 2.42. The molecule has 106 valence electrons. The molecule has 0 heterocycles. The van der Waals surface area contributed by atoms with Crippen molar-refractivity contribution >= 4 is 6.03 Å². The van der Waals surface area contributed by atoms with Gasteiger partial charge in [0.2, 0.25) is 0 Å². The van der Waals surface area contributed by atoms with Crippen molar-refractivity contribution in [1.29, 1.82) is 0 Å². The van der Waals surface area contributed by atoms with Crippen LogP contribution in [0.15, 0.2) is 0 Å². The number of amides is 2. The van der Waals surface area contributed by atoms with Crippen LogP contribution in [-0.2, 0) is 0 Å². The van der Waals surface area contributed by atoms with Gasteiger partial charge in [-0.1, -0.05) is 13.8 Å². The lowest BCUT2D eigenvalue weighted by molar-refractivity contribution is -0.0224. The van der Waals surface area contributed by atoms with Gasteiger partial charge in [0, 0.05) is 12.1 Å². The Kier molecular flexibility index (Phi) is 4.31. The highest BCUT2D eigenvalue weighted by Gasteiger charge is 2.36. The van der Waals surface area contributed by atoms with E-state index in [1.807, 2.05) is 20.8 Å². The second-order valence-electron chi connectivity index (χ2n) is 7.45. The first-order valence-corrected chi connectivity index (χ1v) is 6.80. The summed E-state index contributed by atoms with van der Waals surface area (Å²) >= 11 is 0. The van der Waals surface area contributed by atoms with E-state index in [1.165, 1.54) is 0 Å². The van der Waals surface area contributed by atoms with Gasteiger partial charge in [0.1, 0.15) is 0 Å². The smallest absolute Gasteiger partial charge is 0.315 e. The maximum atomic E-state index is 11.6. The molecule has 2 amide bonds. The first-order chi connectivity index (χ1) is 8.02. The maximum absolute atomic E-state index is 11.6. The molecule has 18 heavy (non-hydrogen) atoms. The molecule has 1 rings (SSSR count). The molecular weight excluding hydrogens is 228 g/mol. The van der Waals surface area contributed by atoms with Gasteiger partial charge < -0.3 is 15.7 Å². The van der Waals surface area contributed by atoms with Crippen molar-refractivity contribution < 1.29 is 9.90 Å². The summed E-state index contributed by atoms with van der Waals surface area (Å²) in [7, 11) is 0. The average Bonchev–Trinajstić information content (AvgIpc) is 2.18. The largest absolute Gasteiger partial charge is 0.388 e. The minimum Gasteiger partial charge on any atom is -0.388 e. The normalized spacial score (nSPS) is 22.3. The molecule has 0 bridgehead atoms. The SMILES string of the molecule is CC1(C)CCC(O)(CNC(=O)NC(C)(C)C)CC1. The van der Waals surface area contributed by atoms with Gasteiger partial charge in [-0.3, -0.25) is 0 Å². The van der Waals surface area contributed by atoms with Crippen LogP contribution in [0.3, 0.4) is 0 Å². The zero-order chi connectivity index (χ0) is 14.0. The first kappa shape index (κ1) is 15.3. The van der Waals surface area contributed by atoms with E-state index in [0.717, 1.165) is 25.7 Å². The number of carbonyl (C=O) groups is 1. The van der Waals surface area contributed by atoms with Crippen molar-refractivity contribution in [3.63, 3.8) is 0 Å². The Morgan fingerprint density at radius 3 is 2.11 bits per heavy atom. The zero-order valence-electron chi connectivity index (χ0n) is 12.4. The molecule has 0 aromatic carbocycles. The molecule has 0 aromatic heterocycles. The van der Waals surface area contributed by atoms with Gasteiger partial charge in [-0.25, -0.2) is 4.79 Å². The van der Waals surface area contributed by atoms with E-state index in [-0.39, 0.29) is 11.6 Å². The molecule has 0 radical (unpaired) electrons. The predicted molar refractivity (Wildman–Crippen MR) is 73.5 cm³/mol. The van der Waals surface area contributed by atoms with Crippen LogP contribution in [0, 0.1) is 5.41 Å². The molecule has 0 spiro atoms. The Balaban J connectivity index is 2.37. The van der Waals surface area contributed by atoms with Crippen LogP contribution in [0.25, 0.3) is 0 Å². The maximum Gasteiger partial charge on any atom is 0.315 e. The Morgan fingerprint density at radius 1 is 1.17 bits per heavy atom. The van der Waals surface area contributed by atoms with Crippen LogP contribution in [0.2, 0.25) is 0 Å². The second kappa shape index (κ2) is 5.08. The van der Waals surface area contributed by atoms with E-state index in [0.29, 0.717) is 12.0 Å². The average molecular weight is 256 g/mol. The molecule has 4 heteroatoms. The Labute approximate surface area is 111 Å². The minimum absolute atomic E-state index is 0.208. The molecule has 0 unspecified atom stereocenters. The summed E-state index contributed by atoms with van der Waals surface area (Å²) in [6, 6.07) is -0.208. The molecule has 0 atom stereocenters. The monoisotopic (exact) mass is 256 g/mol. The minimum atomic E-state index is -0.731. The first-order valence-electron chi connectivity index (χ1n) is 6.80. The molecule has 1 aliphatic carbocycles. The van der Waals surface area contributed by atoms with E-state index >= 15 is 0 Å². The Morgan fingerprint density at radius 2 is 1.67 bits per heavy atom. The van der Waals surface area contributed by atoms with E-state index in [9.17, 15) is 9.90 Å². The lowest BCUT2D eigenvalue weighted by Gasteiger charge is -2.40. The fraction of sp³-hybridized carbons (Fsp3) is 0.929. The third kappa shape index (κ3) is 5.25. The van der Waals surface area contributed by atoms with E-state index in [2.05, 4.69) is 24.5 Å². The Bertz CT molecular complexity index is 295. The van der Waals surface area contributed by atoms with Crippen molar-refractivity contribution in [2.45, 2.75) is 71.4 Å². The summed E-state index contributed by atoms with van der Waals surface area (Å²) < 4.78 is 0. The molecule has 1 fully saturated rings. The summed E-state index contributed by atoms with van der Waals surface area (Å²) in [5.41, 5.74) is -0.661. The van der Waals surface area contributed by atoms with Crippen LogP contribution < -0.4 is 10.6 Å². The van der Waals surface area contributed by atoms with Gasteiger partial charge in [-0.15, -0.1) is 0 Å². The number of carbonyl (C=O) groups excluding carboxylic acids is 1. The molecule has 1 aliphatic rings. The quantitative estimate of drug-likeness (QED) is 0.710. The van der Waals surface area contributed by atoms with Crippen molar-refractivity contribution in [2.75, 3.05) is 6.54 Å². The van der Waals surface area contributed by atoms with Crippen LogP contribution in [0.4, 0.5) is 4.79 Å². The molecule has 4 nitrogen and oxygen atoms in total. The van der Waals surface area contributed by atoms with Gasteiger partial charge in [-0.2, -0.15) is 0 Å². The number of hydrogen-bond acceptors (Lipinski definition) is 2. The topological polar surface area (TPSA) is 61.4 Å². The van der Waals surface area contributed by atoms with Gasteiger partial charge >= 0.3 is 6.03 Å². The van der Waals surface area contributed by atoms with E-state index in [1.54, 1.807) is 0 Å². The summed E-state index contributed by atoms with van der Waals surface area (Å²) in [6.07, 6.45) is 3.53. The molecular formula is C14H28N2O2. The fourth-order valence-electron chi connectivity index (χ4n) is 2.20. The summed E-state index contributed by atoms with van der Waals surface area (Å²) in [4.78, 5) is 11.6. The van der Waals surface area contributed by atoms with Gasteiger partial charge in [0.15, 0.2) is 0 Å². The Hall–Kier alpha value is -0.770.